The van der Waals surface area contributed by atoms with Gasteiger partial charge in [0.05, 0.1) is 13.2 Å². The molecule has 0 spiro atoms. The molecule has 0 aliphatic rings. The van der Waals surface area contributed by atoms with Gasteiger partial charge in [-0.05, 0) is 37.1 Å². The zero-order valence-corrected chi connectivity index (χ0v) is 12.7. The van der Waals surface area contributed by atoms with E-state index in [1.165, 1.54) is 0 Å². The molecule has 0 fully saturated rings. The van der Waals surface area contributed by atoms with Crippen LogP contribution in [-0.2, 0) is 19.0 Å². The number of nitrogens with one attached hydrogen (secondary N) is 1. The Labute approximate surface area is 125 Å². The summed E-state index contributed by atoms with van der Waals surface area (Å²) >= 11 is 0. The predicted octanol–water partition coefficient (Wildman–Crippen LogP) is 1.59. The highest BCUT2D eigenvalue weighted by Gasteiger charge is 2.05. The van der Waals surface area contributed by atoms with Crippen LogP contribution in [0.25, 0.3) is 0 Å². The van der Waals surface area contributed by atoms with Gasteiger partial charge in [-0.25, -0.2) is 0 Å². The lowest BCUT2D eigenvalue weighted by Crippen LogP contribution is -2.19. The number of rotatable bonds is 10. The number of anilines is 2. The minimum absolute atomic E-state index is 0.0297. The molecule has 0 aromatic heterocycles. The summed E-state index contributed by atoms with van der Waals surface area (Å²) in [6.07, 6.45) is 0.748. The van der Waals surface area contributed by atoms with E-state index in [4.69, 9.17) is 19.9 Å². The molecular formula is C15H24N2O4. The van der Waals surface area contributed by atoms with Gasteiger partial charge in [-0.3, -0.25) is 4.79 Å². The molecule has 0 atom stereocenters. The average molecular weight is 296 g/mol. The molecule has 21 heavy (non-hydrogen) atoms. The van der Waals surface area contributed by atoms with Crippen LogP contribution in [0.4, 0.5) is 11.4 Å². The SMILES string of the molecule is COCCOCCCOCC(=O)Nc1ccc(N)cc1C. The average Bonchev–Trinajstić information content (AvgIpc) is 2.45. The number of amides is 1. The minimum Gasteiger partial charge on any atom is -0.399 e. The summed E-state index contributed by atoms with van der Waals surface area (Å²) < 4.78 is 15.4. The Balaban J connectivity index is 2.11. The van der Waals surface area contributed by atoms with Crippen LogP contribution in [0.1, 0.15) is 12.0 Å². The van der Waals surface area contributed by atoms with Crippen LogP contribution in [0.3, 0.4) is 0 Å². The number of ether oxygens (including phenoxy) is 3. The maximum atomic E-state index is 11.7. The molecule has 0 saturated carbocycles. The third kappa shape index (κ3) is 7.65. The Morgan fingerprint density at radius 1 is 1.19 bits per heavy atom. The molecule has 118 valence electrons. The highest BCUT2D eigenvalue weighted by atomic mass is 16.5. The quantitative estimate of drug-likeness (QED) is 0.506. The third-order valence-electron chi connectivity index (χ3n) is 2.77. The number of aryl methyl sites for hydroxylation is 1. The molecule has 0 radical (unpaired) electrons. The highest BCUT2D eigenvalue weighted by molar-refractivity contribution is 5.92. The highest BCUT2D eigenvalue weighted by Crippen LogP contribution is 2.17. The van der Waals surface area contributed by atoms with Gasteiger partial charge in [0.1, 0.15) is 6.61 Å². The van der Waals surface area contributed by atoms with Crippen molar-refractivity contribution in [1.82, 2.24) is 0 Å². The number of nitrogens with two attached hydrogens (primary N) is 1. The molecule has 6 nitrogen and oxygen atoms in total. The molecule has 0 aliphatic heterocycles. The lowest BCUT2D eigenvalue weighted by atomic mass is 10.2. The number of hydrogen-bond acceptors (Lipinski definition) is 5. The van der Waals surface area contributed by atoms with Crippen molar-refractivity contribution in [3.63, 3.8) is 0 Å². The zero-order chi connectivity index (χ0) is 15.5. The molecule has 1 aromatic carbocycles. The fraction of sp³-hybridized carbons (Fsp3) is 0.533. The maximum Gasteiger partial charge on any atom is 0.250 e. The summed E-state index contributed by atoms with van der Waals surface area (Å²) in [6, 6.07) is 5.35. The van der Waals surface area contributed by atoms with Gasteiger partial charge in [0, 0.05) is 31.7 Å². The van der Waals surface area contributed by atoms with Crippen LogP contribution >= 0.6 is 0 Å². The molecule has 0 aliphatic carbocycles. The number of hydrogen-bond donors (Lipinski definition) is 2. The van der Waals surface area contributed by atoms with Gasteiger partial charge in [-0.1, -0.05) is 0 Å². The van der Waals surface area contributed by atoms with Crippen LogP contribution in [0.2, 0.25) is 0 Å². The van der Waals surface area contributed by atoms with Gasteiger partial charge < -0.3 is 25.3 Å². The summed E-state index contributed by atoms with van der Waals surface area (Å²) in [5.74, 6) is -0.178. The predicted molar refractivity (Wildman–Crippen MR) is 82.4 cm³/mol. The molecule has 1 amide bonds. The lowest BCUT2D eigenvalue weighted by Gasteiger charge is -2.09. The number of methoxy groups -OCH3 is 1. The molecule has 3 N–H and O–H groups in total. The number of carbonyl (C=O) groups excluding carboxylic acids is 1. The van der Waals surface area contributed by atoms with E-state index in [2.05, 4.69) is 5.32 Å². The molecule has 1 rings (SSSR count). The van der Waals surface area contributed by atoms with Gasteiger partial charge in [0.25, 0.3) is 0 Å². The summed E-state index contributed by atoms with van der Waals surface area (Å²) in [6.45, 7) is 4.17. The normalized spacial score (nSPS) is 10.6. The first-order valence-electron chi connectivity index (χ1n) is 6.94. The second kappa shape index (κ2) is 10.1. The first-order valence-corrected chi connectivity index (χ1v) is 6.94. The van der Waals surface area contributed by atoms with E-state index >= 15 is 0 Å². The zero-order valence-electron chi connectivity index (χ0n) is 12.7. The van der Waals surface area contributed by atoms with E-state index in [0.717, 1.165) is 17.7 Å². The van der Waals surface area contributed by atoms with E-state index in [1.54, 1.807) is 19.2 Å². The van der Waals surface area contributed by atoms with Crippen LogP contribution in [-0.4, -0.2) is 46.1 Å². The van der Waals surface area contributed by atoms with Crippen molar-refractivity contribution in [1.29, 1.82) is 0 Å². The number of nitrogen functional groups attached to an aromatic ring is 1. The van der Waals surface area contributed by atoms with Crippen molar-refractivity contribution < 1.29 is 19.0 Å². The van der Waals surface area contributed by atoms with Gasteiger partial charge >= 0.3 is 0 Å². The number of benzene rings is 1. The van der Waals surface area contributed by atoms with Crippen molar-refractivity contribution in [2.75, 3.05) is 51.2 Å². The van der Waals surface area contributed by atoms with Crippen molar-refractivity contribution in [3.8, 4) is 0 Å². The fourth-order valence-corrected chi connectivity index (χ4v) is 1.69. The first-order chi connectivity index (χ1) is 10.1. The van der Waals surface area contributed by atoms with Gasteiger partial charge in [-0.15, -0.1) is 0 Å². The first kappa shape index (κ1) is 17.4. The second-order valence-corrected chi connectivity index (χ2v) is 4.63. The van der Waals surface area contributed by atoms with E-state index in [-0.39, 0.29) is 12.5 Å². The Morgan fingerprint density at radius 2 is 1.95 bits per heavy atom. The monoisotopic (exact) mass is 296 g/mol. The van der Waals surface area contributed by atoms with Crippen molar-refractivity contribution in [2.45, 2.75) is 13.3 Å². The van der Waals surface area contributed by atoms with E-state index in [9.17, 15) is 4.79 Å². The summed E-state index contributed by atoms with van der Waals surface area (Å²) in [7, 11) is 1.63. The van der Waals surface area contributed by atoms with E-state index in [1.807, 2.05) is 13.0 Å². The molecule has 0 heterocycles. The summed E-state index contributed by atoms with van der Waals surface area (Å²) in [5, 5.41) is 2.79. The molecule has 0 unspecified atom stereocenters. The van der Waals surface area contributed by atoms with Crippen molar-refractivity contribution >= 4 is 17.3 Å². The van der Waals surface area contributed by atoms with Gasteiger partial charge in [0.15, 0.2) is 0 Å². The Hall–Kier alpha value is -1.63. The smallest absolute Gasteiger partial charge is 0.250 e. The van der Waals surface area contributed by atoms with Crippen LogP contribution < -0.4 is 11.1 Å². The Bertz CT molecular complexity index is 438. The Kier molecular flexibility index (Phi) is 8.42. The van der Waals surface area contributed by atoms with Crippen molar-refractivity contribution in [2.24, 2.45) is 0 Å². The standard InChI is InChI=1S/C15H24N2O4/c1-12-10-13(16)4-5-14(12)17-15(18)11-21-7-3-6-20-9-8-19-2/h4-5,10H,3,6-9,11,16H2,1-2H3,(H,17,18). The molecule has 0 saturated heterocycles. The summed E-state index contributed by atoms with van der Waals surface area (Å²) in [4.78, 5) is 11.7. The molecule has 0 bridgehead atoms. The van der Waals surface area contributed by atoms with Crippen LogP contribution in [0.15, 0.2) is 18.2 Å². The molecule has 1 aromatic rings. The topological polar surface area (TPSA) is 82.8 Å². The van der Waals surface area contributed by atoms with Gasteiger partial charge in [-0.2, -0.15) is 0 Å². The van der Waals surface area contributed by atoms with Gasteiger partial charge in [0.2, 0.25) is 5.91 Å². The second-order valence-electron chi connectivity index (χ2n) is 4.63. The van der Waals surface area contributed by atoms with E-state index in [0.29, 0.717) is 32.1 Å². The number of carbonyl (C=O) groups is 1. The largest absolute Gasteiger partial charge is 0.399 e. The fourth-order valence-electron chi connectivity index (χ4n) is 1.69. The third-order valence-corrected chi connectivity index (χ3v) is 2.77. The van der Waals surface area contributed by atoms with Crippen LogP contribution in [0.5, 0.6) is 0 Å². The molecule has 6 heteroatoms. The van der Waals surface area contributed by atoms with Crippen molar-refractivity contribution in [3.05, 3.63) is 23.8 Å². The minimum atomic E-state index is -0.178. The summed E-state index contributed by atoms with van der Waals surface area (Å²) in [5.41, 5.74) is 8.01. The Morgan fingerprint density at radius 3 is 2.67 bits per heavy atom. The lowest BCUT2D eigenvalue weighted by molar-refractivity contribution is -0.120. The maximum absolute atomic E-state index is 11.7. The molecular weight excluding hydrogens is 272 g/mol. The van der Waals surface area contributed by atoms with Crippen LogP contribution in [0, 0.1) is 6.92 Å². The van der Waals surface area contributed by atoms with E-state index < -0.39 is 0 Å².